The van der Waals surface area contributed by atoms with E-state index >= 15 is 0 Å². The highest BCUT2D eigenvalue weighted by Gasteiger charge is 2.16. The summed E-state index contributed by atoms with van der Waals surface area (Å²) in [7, 11) is 0. The Bertz CT molecular complexity index is 286. The number of benzene rings is 1. The lowest BCUT2D eigenvalue weighted by Crippen LogP contribution is -2.45. The fourth-order valence-corrected chi connectivity index (χ4v) is 1.39. The first-order valence-electron chi connectivity index (χ1n) is 4.75. The molecule has 2 rings (SSSR count). The molecule has 0 saturated carbocycles. The molecule has 1 aromatic carbocycles. The molecule has 0 radical (unpaired) electrons. The van der Waals surface area contributed by atoms with Crippen LogP contribution in [0.25, 0.3) is 0 Å². The van der Waals surface area contributed by atoms with Gasteiger partial charge in [-0.2, -0.15) is 0 Å². The van der Waals surface area contributed by atoms with E-state index in [1.807, 2.05) is 12.1 Å². The minimum Gasteiger partial charge on any atom is -0.493 e. The molecule has 0 amide bonds. The van der Waals surface area contributed by atoms with Gasteiger partial charge in [-0.1, -0.05) is 12.1 Å². The van der Waals surface area contributed by atoms with Crippen molar-refractivity contribution in [2.75, 3.05) is 19.7 Å². The highest BCUT2D eigenvalue weighted by molar-refractivity contribution is 5.85. The van der Waals surface area contributed by atoms with Gasteiger partial charge >= 0.3 is 0 Å². The van der Waals surface area contributed by atoms with Crippen molar-refractivity contribution >= 4 is 12.4 Å². The van der Waals surface area contributed by atoms with Crippen LogP contribution in [0.5, 0.6) is 5.75 Å². The zero-order chi connectivity index (χ0) is 9.10. The molecule has 2 nitrogen and oxygen atoms in total. The van der Waals surface area contributed by atoms with E-state index in [4.69, 9.17) is 4.74 Å². The van der Waals surface area contributed by atoms with E-state index in [-0.39, 0.29) is 12.4 Å². The van der Waals surface area contributed by atoms with Gasteiger partial charge in [-0.15, -0.1) is 12.4 Å². The first kappa shape index (κ1) is 11.3. The first-order chi connectivity index (χ1) is 6.34. The lowest BCUT2D eigenvalue weighted by molar-refractivity contribution is 0.199. The van der Waals surface area contributed by atoms with Gasteiger partial charge in [-0.05, 0) is 24.6 Å². The van der Waals surface area contributed by atoms with Crippen molar-refractivity contribution in [3.63, 3.8) is 0 Å². The molecule has 1 heterocycles. The fraction of sp³-hybridized carbons (Fsp3) is 0.455. The smallest absolute Gasteiger partial charge is 0.119 e. The van der Waals surface area contributed by atoms with Crippen molar-refractivity contribution in [3.05, 3.63) is 29.8 Å². The van der Waals surface area contributed by atoms with Crippen molar-refractivity contribution in [2.24, 2.45) is 5.92 Å². The van der Waals surface area contributed by atoms with E-state index in [0.29, 0.717) is 5.92 Å². The summed E-state index contributed by atoms with van der Waals surface area (Å²) in [5, 5.41) is 3.23. The molecule has 0 bridgehead atoms. The normalized spacial score (nSPS) is 15.5. The minimum atomic E-state index is 0. The molecule has 1 N–H and O–H groups in total. The van der Waals surface area contributed by atoms with Gasteiger partial charge in [-0.3, -0.25) is 0 Å². The summed E-state index contributed by atoms with van der Waals surface area (Å²) in [6.07, 6.45) is 0. The predicted octanol–water partition coefficient (Wildman–Crippen LogP) is 2.02. The van der Waals surface area contributed by atoms with Gasteiger partial charge in [0.25, 0.3) is 0 Å². The lowest BCUT2D eigenvalue weighted by atomic mass is 10.1. The van der Waals surface area contributed by atoms with Crippen LogP contribution in [0, 0.1) is 12.8 Å². The largest absolute Gasteiger partial charge is 0.493 e. The van der Waals surface area contributed by atoms with Crippen LogP contribution in [0.3, 0.4) is 0 Å². The van der Waals surface area contributed by atoms with Gasteiger partial charge in [0.15, 0.2) is 0 Å². The Morgan fingerprint density at radius 2 is 2.21 bits per heavy atom. The van der Waals surface area contributed by atoms with Crippen LogP contribution in [0.2, 0.25) is 0 Å². The van der Waals surface area contributed by atoms with Gasteiger partial charge < -0.3 is 10.1 Å². The SMILES string of the molecule is Cc1cccc(OCC2CNC2)c1.Cl. The molecule has 0 unspecified atom stereocenters. The minimum absolute atomic E-state index is 0. The summed E-state index contributed by atoms with van der Waals surface area (Å²) in [6.45, 7) is 5.13. The molecule has 1 aliphatic rings. The average Bonchev–Trinajstić information content (AvgIpc) is 2.01. The van der Waals surface area contributed by atoms with Gasteiger partial charge in [0.2, 0.25) is 0 Å². The van der Waals surface area contributed by atoms with Crippen LogP contribution >= 0.6 is 12.4 Å². The third-order valence-corrected chi connectivity index (χ3v) is 2.34. The lowest BCUT2D eigenvalue weighted by Gasteiger charge is -2.26. The maximum absolute atomic E-state index is 5.65. The van der Waals surface area contributed by atoms with Gasteiger partial charge in [0, 0.05) is 19.0 Å². The second-order valence-electron chi connectivity index (χ2n) is 3.65. The van der Waals surface area contributed by atoms with E-state index < -0.39 is 0 Å². The molecule has 1 aliphatic heterocycles. The number of ether oxygens (including phenoxy) is 1. The Hall–Kier alpha value is -0.730. The van der Waals surface area contributed by atoms with Crippen LogP contribution in [0.15, 0.2) is 24.3 Å². The highest BCUT2D eigenvalue weighted by atomic mass is 35.5. The Morgan fingerprint density at radius 1 is 1.43 bits per heavy atom. The number of rotatable bonds is 3. The van der Waals surface area contributed by atoms with Crippen LogP contribution in [-0.4, -0.2) is 19.7 Å². The van der Waals surface area contributed by atoms with Crippen molar-refractivity contribution < 1.29 is 4.74 Å². The third-order valence-electron chi connectivity index (χ3n) is 2.34. The number of aryl methyl sites for hydroxylation is 1. The summed E-state index contributed by atoms with van der Waals surface area (Å²) in [6, 6.07) is 8.20. The van der Waals surface area contributed by atoms with Gasteiger partial charge in [0.1, 0.15) is 5.75 Å². The average molecular weight is 214 g/mol. The molecule has 0 aliphatic carbocycles. The zero-order valence-electron chi connectivity index (χ0n) is 8.32. The maximum Gasteiger partial charge on any atom is 0.119 e. The standard InChI is InChI=1S/C11H15NO.ClH/c1-9-3-2-4-11(5-9)13-8-10-6-12-7-10;/h2-5,10,12H,6-8H2,1H3;1H. The molecule has 0 aromatic heterocycles. The van der Waals surface area contributed by atoms with Crippen LogP contribution in [0.4, 0.5) is 0 Å². The topological polar surface area (TPSA) is 21.3 Å². The summed E-state index contributed by atoms with van der Waals surface area (Å²) in [5.41, 5.74) is 1.25. The summed E-state index contributed by atoms with van der Waals surface area (Å²) in [5.74, 6) is 1.70. The van der Waals surface area contributed by atoms with Crippen LogP contribution in [-0.2, 0) is 0 Å². The second-order valence-corrected chi connectivity index (χ2v) is 3.65. The Kier molecular flexibility index (Phi) is 4.23. The number of nitrogens with one attached hydrogen (secondary N) is 1. The summed E-state index contributed by atoms with van der Waals surface area (Å²) >= 11 is 0. The summed E-state index contributed by atoms with van der Waals surface area (Å²) in [4.78, 5) is 0. The second kappa shape index (κ2) is 5.23. The molecule has 0 atom stereocenters. The van der Waals surface area contributed by atoms with E-state index in [9.17, 15) is 0 Å². The number of hydrogen-bond donors (Lipinski definition) is 1. The van der Waals surface area contributed by atoms with Crippen LogP contribution < -0.4 is 10.1 Å². The van der Waals surface area contributed by atoms with Crippen LogP contribution in [0.1, 0.15) is 5.56 Å². The predicted molar refractivity (Wildman–Crippen MR) is 60.3 cm³/mol. The summed E-state index contributed by atoms with van der Waals surface area (Å²) < 4.78 is 5.65. The monoisotopic (exact) mass is 213 g/mol. The molecule has 3 heteroatoms. The van der Waals surface area contributed by atoms with E-state index in [0.717, 1.165) is 25.4 Å². The molecular weight excluding hydrogens is 198 g/mol. The molecule has 78 valence electrons. The molecule has 14 heavy (non-hydrogen) atoms. The van der Waals surface area contributed by atoms with E-state index in [1.165, 1.54) is 5.56 Å². The Labute approximate surface area is 91.1 Å². The zero-order valence-corrected chi connectivity index (χ0v) is 9.14. The highest BCUT2D eigenvalue weighted by Crippen LogP contribution is 2.14. The number of hydrogen-bond acceptors (Lipinski definition) is 2. The third kappa shape index (κ3) is 2.89. The molecule has 1 aromatic rings. The Morgan fingerprint density at radius 3 is 2.79 bits per heavy atom. The van der Waals surface area contributed by atoms with Crippen molar-refractivity contribution in [1.82, 2.24) is 5.32 Å². The fourth-order valence-electron chi connectivity index (χ4n) is 1.39. The molecular formula is C11H16ClNO. The molecule has 0 spiro atoms. The van der Waals surface area contributed by atoms with Crippen molar-refractivity contribution in [2.45, 2.75) is 6.92 Å². The Balaban J connectivity index is 0.000000980. The molecule has 1 saturated heterocycles. The first-order valence-corrected chi connectivity index (χ1v) is 4.75. The van der Waals surface area contributed by atoms with Crippen molar-refractivity contribution in [1.29, 1.82) is 0 Å². The van der Waals surface area contributed by atoms with E-state index in [1.54, 1.807) is 0 Å². The van der Waals surface area contributed by atoms with Gasteiger partial charge in [0.05, 0.1) is 6.61 Å². The maximum atomic E-state index is 5.65. The van der Waals surface area contributed by atoms with Gasteiger partial charge in [-0.25, -0.2) is 0 Å². The molecule has 1 fully saturated rings. The number of halogens is 1. The van der Waals surface area contributed by atoms with E-state index in [2.05, 4.69) is 24.4 Å². The van der Waals surface area contributed by atoms with Crippen molar-refractivity contribution in [3.8, 4) is 5.75 Å². The quantitative estimate of drug-likeness (QED) is 0.830.